The van der Waals surface area contributed by atoms with Gasteiger partial charge in [-0.1, -0.05) is 42.8 Å². The standard InChI is InChI=1S/C13H19N5OS/c1-8(2)9-10(20-18-16-9)11-15-12(17-19-11)13(14)6-4-3-5-7-13/h8H,3-7,14H2,1-2H3. The molecule has 0 radical (unpaired) electrons. The molecular weight excluding hydrogens is 274 g/mol. The molecule has 1 aliphatic rings. The van der Waals surface area contributed by atoms with Crippen LogP contribution in [0.15, 0.2) is 4.52 Å². The van der Waals surface area contributed by atoms with E-state index in [9.17, 15) is 0 Å². The maximum absolute atomic E-state index is 6.43. The molecule has 7 heteroatoms. The molecule has 0 unspecified atom stereocenters. The Labute approximate surface area is 121 Å². The van der Waals surface area contributed by atoms with Crippen LogP contribution < -0.4 is 5.73 Å². The van der Waals surface area contributed by atoms with Crippen LogP contribution in [-0.4, -0.2) is 19.7 Å². The van der Waals surface area contributed by atoms with Gasteiger partial charge in [-0.2, -0.15) is 4.98 Å². The molecule has 0 aromatic carbocycles. The minimum Gasteiger partial charge on any atom is -0.333 e. The van der Waals surface area contributed by atoms with Crippen molar-refractivity contribution >= 4 is 11.5 Å². The molecular formula is C13H19N5OS. The summed E-state index contributed by atoms with van der Waals surface area (Å²) in [7, 11) is 0. The summed E-state index contributed by atoms with van der Waals surface area (Å²) in [6, 6.07) is 0. The Kier molecular flexibility index (Phi) is 3.55. The van der Waals surface area contributed by atoms with Crippen molar-refractivity contribution in [2.24, 2.45) is 5.73 Å². The van der Waals surface area contributed by atoms with Crippen molar-refractivity contribution < 1.29 is 4.52 Å². The van der Waals surface area contributed by atoms with Gasteiger partial charge < -0.3 is 10.3 Å². The Morgan fingerprint density at radius 2 is 2.00 bits per heavy atom. The second-order valence-electron chi connectivity index (χ2n) is 5.78. The van der Waals surface area contributed by atoms with Gasteiger partial charge in [-0.3, -0.25) is 0 Å². The van der Waals surface area contributed by atoms with Gasteiger partial charge in [0.1, 0.15) is 4.88 Å². The second kappa shape index (κ2) is 5.21. The number of aromatic nitrogens is 4. The van der Waals surface area contributed by atoms with Gasteiger partial charge in [0.05, 0.1) is 11.2 Å². The third-order valence-corrected chi connectivity index (χ3v) is 4.60. The van der Waals surface area contributed by atoms with Crippen LogP contribution in [0.4, 0.5) is 0 Å². The summed E-state index contributed by atoms with van der Waals surface area (Å²) in [5, 5.41) is 8.25. The van der Waals surface area contributed by atoms with Gasteiger partial charge in [-0.05, 0) is 30.3 Å². The molecule has 0 aliphatic heterocycles. The third kappa shape index (κ3) is 2.35. The zero-order valence-corrected chi connectivity index (χ0v) is 12.6. The fraction of sp³-hybridized carbons (Fsp3) is 0.692. The Morgan fingerprint density at radius 1 is 1.25 bits per heavy atom. The lowest BCUT2D eigenvalue weighted by atomic mass is 9.82. The van der Waals surface area contributed by atoms with E-state index < -0.39 is 5.54 Å². The Bertz CT molecular complexity index is 585. The molecule has 0 saturated heterocycles. The van der Waals surface area contributed by atoms with E-state index in [1.807, 2.05) is 0 Å². The van der Waals surface area contributed by atoms with Gasteiger partial charge in [0, 0.05) is 0 Å². The monoisotopic (exact) mass is 293 g/mol. The quantitative estimate of drug-likeness (QED) is 0.935. The lowest BCUT2D eigenvalue weighted by molar-refractivity contribution is 0.275. The minimum atomic E-state index is -0.434. The molecule has 2 N–H and O–H groups in total. The van der Waals surface area contributed by atoms with Gasteiger partial charge >= 0.3 is 0 Å². The number of hydrogen-bond donors (Lipinski definition) is 1. The topological polar surface area (TPSA) is 90.7 Å². The highest BCUT2D eigenvalue weighted by Gasteiger charge is 2.35. The highest BCUT2D eigenvalue weighted by atomic mass is 32.1. The van der Waals surface area contributed by atoms with Crippen molar-refractivity contribution in [2.45, 2.75) is 57.4 Å². The minimum absolute atomic E-state index is 0.278. The third-order valence-electron chi connectivity index (χ3n) is 3.87. The molecule has 2 aromatic rings. The van der Waals surface area contributed by atoms with Crippen LogP contribution >= 0.6 is 11.5 Å². The van der Waals surface area contributed by atoms with Crippen molar-refractivity contribution in [3.8, 4) is 10.8 Å². The predicted molar refractivity (Wildman–Crippen MR) is 76.2 cm³/mol. The fourth-order valence-electron chi connectivity index (χ4n) is 2.65. The van der Waals surface area contributed by atoms with Crippen molar-refractivity contribution in [1.82, 2.24) is 19.7 Å². The van der Waals surface area contributed by atoms with Crippen LogP contribution in [0, 0.1) is 0 Å². The van der Waals surface area contributed by atoms with E-state index in [2.05, 4.69) is 33.6 Å². The lowest BCUT2D eigenvalue weighted by Crippen LogP contribution is -2.39. The predicted octanol–water partition coefficient (Wildman–Crippen LogP) is 2.83. The molecule has 1 fully saturated rings. The first-order valence-electron chi connectivity index (χ1n) is 7.06. The zero-order chi connectivity index (χ0) is 14.2. The van der Waals surface area contributed by atoms with Crippen molar-refractivity contribution in [3.05, 3.63) is 11.5 Å². The maximum Gasteiger partial charge on any atom is 0.271 e. The Hall–Kier alpha value is -1.34. The molecule has 1 aliphatic carbocycles. The second-order valence-corrected chi connectivity index (χ2v) is 6.54. The van der Waals surface area contributed by atoms with Gasteiger partial charge in [-0.15, -0.1) is 5.10 Å². The number of nitrogens with two attached hydrogens (primary N) is 1. The van der Waals surface area contributed by atoms with Crippen LogP contribution in [-0.2, 0) is 5.54 Å². The van der Waals surface area contributed by atoms with E-state index in [1.165, 1.54) is 18.0 Å². The summed E-state index contributed by atoms with van der Waals surface area (Å²) in [6.07, 6.45) is 5.33. The number of nitrogens with zero attached hydrogens (tertiary/aromatic N) is 4. The first-order valence-corrected chi connectivity index (χ1v) is 7.83. The van der Waals surface area contributed by atoms with Gasteiger partial charge in [0.2, 0.25) is 0 Å². The molecule has 0 amide bonds. The summed E-state index contributed by atoms with van der Waals surface area (Å²) in [4.78, 5) is 5.38. The Balaban J connectivity index is 1.92. The van der Waals surface area contributed by atoms with Gasteiger partial charge in [0.15, 0.2) is 5.82 Å². The molecule has 2 aromatic heterocycles. The molecule has 108 valence electrons. The SMILES string of the molecule is CC(C)c1nnsc1-c1nc(C2(N)CCCCC2)no1. The van der Waals surface area contributed by atoms with E-state index in [0.717, 1.165) is 36.3 Å². The molecule has 0 atom stereocenters. The smallest absolute Gasteiger partial charge is 0.271 e. The lowest BCUT2D eigenvalue weighted by Gasteiger charge is -2.29. The zero-order valence-electron chi connectivity index (χ0n) is 11.8. The van der Waals surface area contributed by atoms with Crippen molar-refractivity contribution in [2.75, 3.05) is 0 Å². The summed E-state index contributed by atoms with van der Waals surface area (Å²) < 4.78 is 9.40. The van der Waals surface area contributed by atoms with E-state index in [1.54, 1.807) is 0 Å². The average Bonchev–Trinajstić information content (AvgIpc) is 3.08. The molecule has 3 rings (SSSR count). The average molecular weight is 293 g/mol. The van der Waals surface area contributed by atoms with Gasteiger partial charge in [-0.25, -0.2) is 0 Å². The molecule has 20 heavy (non-hydrogen) atoms. The highest BCUT2D eigenvalue weighted by molar-refractivity contribution is 7.09. The first kappa shape index (κ1) is 13.6. The highest BCUT2D eigenvalue weighted by Crippen LogP contribution is 2.35. The Morgan fingerprint density at radius 3 is 2.70 bits per heavy atom. The molecule has 6 nitrogen and oxygen atoms in total. The summed E-state index contributed by atoms with van der Waals surface area (Å²) in [6.45, 7) is 4.14. The first-order chi connectivity index (χ1) is 9.60. The summed E-state index contributed by atoms with van der Waals surface area (Å²) >= 11 is 1.29. The molecule has 2 heterocycles. The number of hydrogen-bond acceptors (Lipinski definition) is 7. The van der Waals surface area contributed by atoms with Crippen LogP contribution in [0.5, 0.6) is 0 Å². The van der Waals surface area contributed by atoms with Crippen molar-refractivity contribution in [3.63, 3.8) is 0 Å². The van der Waals surface area contributed by atoms with Crippen LogP contribution in [0.3, 0.4) is 0 Å². The van der Waals surface area contributed by atoms with Crippen molar-refractivity contribution in [1.29, 1.82) is 0 Å². The largest absolute Gasteiger partial charge is 0.333 e. The molecule has 0 bridgehead atoms. The molecule has 1 saturated carbocycles. The summed E-state index contributed by atoms with van der Waals surface area (Å²) in [5.41, 5.74) is 6.90. The maximum atomic E-state index is 6.43. The van der Waals surface area contributed by atoms with E-state index >= 15 is 0 Å². The van der Waals surface area contributed by atoms with Crippen LogP contribution in [0.1, 0.15) is 63.4 Å². The summed E-state index contributed by atoms with van der Waals surface area (Å²) in [5.74, 6) is 1.39. The van der Waals surface area contributed by atoms with E-state index in [4.69, 9.17) is 10.3 Å². The van der Waals surface area contributed by atoms with Crippen LogP contribution in [0.25, 0.3) is 10.8 Å². The van der Waals surface area contributed by atoms with E-state index in [-0.39, 0.29) is 5.92 Å². The fourth-order valence-corrected chi connectivity index (χ4v) is 3.39. The van der Waals surface area contributed by atoms with Crippen LogP contribution in [0.2, 0.25) is 0 Å². The number of rotatable bonds is 3. The normalized spacial score (nSPS) is 18.6. The van der Waals surface area contributed by atoms with E-state index in [0.29, 0.717) is 11.7 Å². The molecule has 0 spiro atoms. The van der Waals surface area contributed by atoms with Gasteiger partial charge in [0.25, 0.3) is 5.89 Å².